The van der Waals surface area contributed by atoms with Crippen LogP contribution in [-0.2, 0) is 4.74 Å². The molecule has 1 aliphatic rings. The molecule has 0 aliphatic carbocycles. The first-order valence-corrected chi connectivity index (χ1v) is 2.61. The molecule has 0 amide bonds. The molecule has 44 valence electrons. The molecular weight excluding hydrogens is 102 g/mol. The minimum atomic E-state index is 0.162. The van der Waals surface area contributed by atoms with Crippen LogP contribution in [0.5, 0.6) is 0 Å². The Bertz CT molecular complexity index is 149. The van der Waals surface area contributed by atoms with E-state index in [1.807, 2.05) is 13.8 Å². The summed E-state index contributed by atoms with van der Waals surface area (Å²) in [4.78, 5) is 4.06. The van der Waals surface area contributed by atoms with Gasteiger partial charge in [-0.25, -0.2) is 4.99 Å². The van der Waals surface area contributed by atoms with E-state index in [0.29, 0.717) is 0 Å². The zero-order valence-electron chi connectivity index (χ0n) is 5.14. The van der Waals surface area contributed by atoms with Gasteiger partial charge >= 0.3 is 0 Å². The normalized spacial score (nSPS) is 27.5. The molecule has 1 atom stereocenters. The second kappa shape index (κ2) is 1.62. The van der Waals surface area contributed by atoms with Crippen molar-refractivity contribution in [2.45, 2.75) is 19.9 Å². The molecule has 2 heteroatoms. The zero-order valence-corrected chi connectivity index (χ0v) is 5.14. The van der Waals surface area contributed by atoms with E-state index in [1.54, 1.807) is 0 Å². The summed E-state index contributed by atoms with van der Waals surface area (Å²) in [6, 6.07) is 0.162. The minimum absolute atomic E-state index is 0.162. The van der Waals surface area contributed by atoms with Crippen LogP contribution in [0.25, 0.3) is 0 Å². The SMILES string of the molecule is C=C1OC(C)=NC1C. The highest BCUT2D eigenvalue weighted by atomic mass is 16.5. The zero-order chi connectivity index (χ0) is 6.15. The lowest BCUT2D eigenvalue weighted by atomic mass is 10.3. The van der Waals surface area contributed by atoms with Crippen molar-refractivity contribution in [3.05, 3.63) is 12.3 Å². The largest absolute Gasteiger partial charge is 0.446 e. The van der Waals surface area contributed by atoms with Crippen LogP contribution in [0.2, 0.25) is 0 Å². The molecular formula is C6H9NO. The van der Waals surface area contributed by atoms with Gasteiger partial charge in [-0.2, -0.15) is 0 Å². The Labute approximate surface area is 48.9 Å². The molecule has 0 saturated heterocycles. The van der Waals surface area contributed by atoms with E-state index in [9.17, 15) is 0 Å². The minimum Gasteiger partial charge on any atom is -0.446 e. The number of hydrogen-bond acceptors (Lipinski definition) is 2. The Morgan fingerprint density at radius 2 is 2.38 bits per heavy atom. The first-order valence-electron chi connectivity index (χ1n) is 2.61. The average molecular weight is 111 g/mol. The van der Waals surface area contributed by atoms with Crippen molar-refractivity contribution < 1.29 is 4.74 Å². The molecule has 0 spiro atoms. The summed E-state index contributed by atoms with van der Waals surface area (Å²) in [5.74, 6) is 1.48. The molecule has 0 bridgehead atoms. The fraction of sp³-hybridized carbons (Fsp3) is 0.500. The maximum Gasteiger partial charge on any atom is 0.187 e. The first kappa shape index (κ1) is 5.35. The third-order valence-corrected chi connectivity index (χ3v) is 1.12. The van der Waals surface area contributed by atoms with Gasteiger partial charge in [0, 0.05) is 6.92 Å². The molecule has 1 aliphatic heterocycles. The molecule has 0 radical (unpaired) electrons. The number of rotatable bonds is 0. The topological polar surface area (TPSA) is 21.6 Å². The monoisotopic (exact) mass is 111 g/mol. The van der Waals surface area contributed by atoms with Gasteiger partial charge in [0.1, 0.15) is 11.8 Å². The van der Waals surface area contributed by atoms with Crippen LogP contribution in [0.1, 0.15) is 13.8 Å². The fourth-order valence-corrected chi connectivity index (χ4v) is 0.646. The summed E-state index contributed by atoms with van der Waals surface area (Å²) in [5, 5.41) is 0. The predicted octanol–water partition coefficient (Wildman–Crippen LogP) is 1.34. The maximum absolute atomic E-state index is 5.03. The number of hydrogen-bond donors (Lipinski definition) is 0. The number of aliphatic imine (C=N–C) groups is 1. The van der Waals surface area contributed by atoms with Gasteiger partial charge < -0.3 is 4.74 Å². The predicted molar refractivity (Wildman–Crippen MR) is 32.8 cm³/mol. The van der Waals surface area contributed by atoms with E-state index in [-0.39, 0.29) is 6.04 Å². The Hall–Kier alpha value is -0.790. The van der Waals surface area contributed by atoms with Crippen LogP contribution < -0.4 is 0 Å². The molecule has 0 aromatic rings. The Morgan fingerprint density at radius 1 is 1.75 bits per heavy atom. The Morgan fingerprint density at radius 3 is 2.50 bits per heavy atom. The van der Waals surface area contributed by atoms with Crippen molar-refractivity contribution in [2.24, 2.45) is 4.99 Å². The fourth-order valence-electron chi connectivity index (χ4n) is 0.646. The molecule has 0 aromatic heterocycles. The van der Waals surface area contributed by atoms with Crippen molar-refractivity contribution >= 4 is 5.90 Å². The molecule has 0 N–H and O–H groups in total. The summed E-state index contributed by atoms with van der Waals surface area (Å²) in [7, 11) is 0. The molecule has 0 saturated carbocycles. The van der Waals surface area contributed by atoms with Crippen LogP contribution in [0.4, 0.5) is 0 Å². The summed E-state index contributed by atoms with van der Waals surface area (Å²) in [5.41, 5.74) is 0. The van der Waals surface area contributed by atoms with Gasteiger partial charge in [-0.1, -0.05) is 6.58 Å². The van der Waals surface area contributed by atoms with E-state index >= 15 is 0 Å². The lowest BCUT2D eigenvalue weighted by molar-refractivity contribution is 0.420. The van der Waals surface area contributed by atoms with Gasteiger partial charge in [0.2, 0.25) is 0 Å². The van der Waals surface area contributed by atoms with Gasteiger partial charge in [-0.15, -0.1) is 0 Å². The standard InChI is InChI=1S/C6H9NO/c1-4-5(2)8-6(3)7-4/h4H,2H2,1,3H3. The highest BCUT2D eigenvalue weighted by molar-refractivity contribution is 5.76. The lowest BCUT2D eigenvalue weighted by Crippen LogP contribution is -1.94. The third-order valence-electron chi connectivity index (χ3n) is 1.12. The van der Waals surface area contributed by atoms with E-state index in [1.165, 1.54) is 0 Å². The third kappa shape index (κ3) is 0.735. The first-order chi connectivity index (χ1) is 3.70. The average Bonchev–Trinajstić information content (AvgIpc) is 1.85. The van der Waals surface area contributed by atoms with Crippen molar-refractivity contribution in [2.75, 3.05) is 0 Å². The Kier molecular flexibility index (Phi) is 1.08. The van der Waals surface area contributed by atoms with Crippen LogP contribution >= 0.6 is 0 Å². The van der Waals surface area contributed by atoms with Crippen LogP contribution in [0.15, 0.2) is 17.3 Å². The maximum atomic E-state index is 5.03. The number of nitrogens with zero attached hydrogens (tertiary/aromatic N) is 1. The van der Waals surface area contributed by atoms with Crippen molar-refractivity contribution in [1.82, 2.24) is 0 Å². The summed E-state index contributed by atoms with van der Waals surface area (Å²) in [6.45, 7) is 7.43. The summed E-state index contributed by atoms with van der Waals surface area (Å²) < 4.78 is 5.03. The molecule has 1 unspecified atom stereocenters. The number of ether oxygens (including phenoxy) is 1. The molecule has 1 heterocycles. The smallest absolute Gasteiger partial charge is 0.187 e. The van der Waals surface area contributed by atoms with Gasteiger partial charge in [0.05, 0.1) is 0 Å². The van der Waals surface area contributed by atoms with Gasteiger partial charge in [-0.3, -0.25) is 0 Å². The van der Waals surface area contributed by atoms with Crippen molar-refractivity contribution in [3.63, 3.8) is 0 Å². The molecule has 2 nitrogen and oxygen atoms in total. The highest BCUT2D eigenvalue weighted by Crippen LogP contribution is 2.13. The molecule has 8 heavy (non-hydrogen) atoms. The second-order valence-electron chi connectivity index (χ2n) is 1.89. The van der Waals surface area contributed by atoms with Crippen LogP contribution in [0, 0.1) is 0 Å². The summed E-state index contributed by atoms with van der Waals surface area (Å²) in [6.07, 6.45) is 0. The van der Waals surface area contributed by atoms with Gasteiger partial charge in [0.25, 0.3) is 0 Å². The summed E-state index contributed by atoms with van der Waals surface area (Å²) >= 11 is 0. The highest BCUT2D eigenvalue weighted by Gasteiger charge is 2.14. The van der Waals surface area contributed by atoms with E-state index < -0.39 is 0 Å². The van der Waals surface area contributed by atoms with Crippen LogP contribution in [-0.4, -0.2) is 11.9 Å². The van der Waals surface area contributed by atoms with Gasteiger partial charge in [-0.05, 0) is 6.92 Å². The lowest BCUT2D eigenvalue weighted by Gasteiger charge is -1.95. The van der Waals surface area contributed by atoms with Crippen molar-refractivity contribution in [3.8, 4) is 0 Å². The van der Waals surface area contributed by atoms with Crippen molar-refractivity contribution in [1.29, 1.82) is 0 Å². The quantitative estimate of drug-likeness (QED) is 0.462. The van der Waals surface area contributed by atoms with Gasteiger partial charge in [0.15, 0.2) is 5.90 Å². The molecule has 0 aromatic carbocycles. The Balaban J connectivity index is 2.69. The molecule has 0 fully saturated rings. The van der Waals surface area contributed by atoms with E-state index in [2.05, 4.69) is 11.6 Å². The van der Waals surface area contributed by atoms with Crippen LogP contribution in [0.3, 0.4) is 0 Å². The van der Waals surface area contributed by atoms with E-state index in [4.69, 9.17) is 4.74 Å². The van der Waals surface area contributed by atoms with E-state index in [0.717, 1.165) is 11.7 Å². The second-order valence-corrected chi connectivity index (χ2v) is 1.89. The molecule has 1 rings (SSSR count).